The molecule has 0 atom stereocenters. The molecule has 18 heavy (non-hydrogen) atoms. The number of rotatable bonds is 3. The van der Waals surface area contributed by atoms with E-state index >= 15 is 0 Å². The van der Waals surface area contributed by atoms with Crippen molar-refractivity contribution in [2.75, 3.05) is 6.61 Å². The maximum Gasteiger partial charge on any atom is 0.378 e. The first kappa shape index (κ1) is 13.0. The van der Waals surface area contributed by atoms with Crippen LogP contribution in [0.25, 0.3) is 5.69 Å². The lowest BCUT2D eigenvalue weighted by atomic mass is 10.3. The van der Waals surface area contributed by atoms with Crippen molar-refractivity contribution in [2.45, 2.75) is 6.92 Å². The topological polar surface area (TPSA) is 57.0 Å². The van der Waals surface area contributed by atoms with Crippen LogP contribution < -0.4 is 0 Å². The van der Waals surface area contributed by atoms with E-state index in [-0.39, 0.29) is 12.4 Å². The van der Waals surface area contributed by atoms with E-state index in [9.17, 15) is 4.79 Å². The van der Waals surface area contributed by atoms with Crippen LogP contribution in [-0.2, 0) is 4.74 Å². The fourth-order valence-corrected chi connectivity index (χ4v) is 1.98. The van der Waals surface area contributed by atoms with Gasteiger partial charge in [-0.05, 0) is 41.1 Å². The van der Waals surface area contributed by atoms with Gasteiger partial charge in [-0.1, -0.05) is 17.7 Å². The third kappa shape index (κ3) is 2.70. The van der Waals surface area contributed by atoms with Gasteiger partial charge in [-0.2, -0.15) is 4.98 Å². The zero-order valence-corrected chi connectivity index (χ0v) is 11.8. The summed E-state index contributed by atoms with van der Waals surface area (Å²) in [4.78, 5) is 15.5. The summed E-state index contributed by atoms with van der Waals surface area (Å²) in [5.41, 5.74) is 0.706. The van der Waals surface area contributed by atoms with Crippen LogP contribution in [0.5, 0.6) is 0 Å². The van der Waals surface area contributed by atoms with Gasteiger partial charge in [-0.25, -0.2) is 9.48 Å². The molecule has 1 aromatic heterocycles. The summed E-state index contributed by atoms with van der Waals surface area (Å²) < 4.78 is 6.71. The molecule has 0 spiro atoms. The molecule has 1 heterocycles. The molecule has 0 radical (unpaired) electrons. The lowest BCUT2D eigenvalue weighted by molar-refractivity contribution is 0.0512. The van der Waals surface area contributed by atoms with Gasteiger partial charge in [-0.3, -0.25) is 0 Å². The second-order valence-corrected chi connectivity index (χ2v) is 4.46. The van der Waals surface area contributed by atoms with E-state index < -0.39 is 5.97 Å². The van der Waals surface area contributed by atoms with E-state index in [4.69, 9.17) is 16.3 Å². The maximum atomic E-state index is 11.5. The van der Waals surface area contributed by atoms with Gasteiger partial charge in [0.05, 0.1) is 12.3 Å². The Labute approximate surface area is 117 Å². The molecule has 0 amide bonds. The van der Waals surface area contributed by atoms with Crippen LogP contribution in [0.15, 0.2) is 29.0 Å². The van der Waals surface area contributed by atoms with E-state index in [0.29, 0.717) is 15.4 Å². The summed E-state index contributed by atoms with van der Waals surface area (Å²) in [6, 6.07) is 7.06. The van der Waals surface area contributed by atoms with Crippen molar-refractivity contribution < 1.29 is 9.53 Å². The smallest absolute Gasteiger partial charge is 0.378 e. The third-order valence-corrected chi connectivity index (χ3v) is 2.83. The quantitative estimate of drug-likeness (QED) is 0.812. The molecular formula is C11H9BrClN3O2. The van der Waals surface area contributed by atoms with Crippen molar-refractivity contribution in [3.05, 3.63) is 39.8 Å². The minimum Gasteiger partial charge on any atom is -0.460 e. The van der Waals surface area contributed by atoms with Gasteiger partial charge >= 0.3 is 5.97 Å². The molecule has 0 aliphatic rings. The number of carbonyl (C=O) groups is 1. The van der Waals surface area contributed by atoms with Crippen molar-refractivity contribution in [3.8, 4) is 5.69 Å². The molecule has 0 aliphatic heterocycles. The lowest BCUT2D eigenvalue weighted by Gasteiger charge is -2.01. The van der Waals surface area contributed by atoms with Gasteiger partial charge in [0.25, 0.3) is 5.82 Å². The number of ether oxygens (including phenoxy) is 1. The molecule has 2 rings (SSSR count). The van der Waals surface area contributed by atoms with Crippen LogP contribution in [0.2, 0.25) is 5.02 Å². The fraction of sp³-hybridized carbons (Fsp3) is 0.182. The van der Waals surface area contributed by atoms with Gasteiger partial charge in [0, 0.05) is 5.02 Å². The Hall–Kier alpha value is -1.40. The fourth-order valence-electron chi connectivity index (χ4n) is 1.35. The minimum atomic E-state index is -0.557. The molecule has 7 heteroatoms. The van der Waals surface area contributed by atoms with E-state index in [0.717, 1.165) is 0 Å². The molecule has 0 saturated carbocycles. The SMILES string of the molecule is CCOC(=O)c1nc(Br)n(-c2cccc(Cl)c2)n1. The molecule has 0 N–H and O–H groups in total. The average Bonchev–Trinajstić information content (AvgIpc) is 2.72. The first-order chi connectivity index (χ1) is 8.61. The van der Waals surface area contributed by atoms with E-state index in [1.807, 2.05) is 0 Å². The molecule has 2 aromatic rings. The largest absolute Gasteiger partial charge is 0.460 e. The summed E-state index contributed by atoms with van der Waals surface area (Å²) in [6.07, 6.45) is 0. The normalized spacial score (nSPS) is 10.4. The molecule has 0 unspecified atom stereocenters. The Morgan fingerprint density at radius 1 is 1.56 bits per heavy atom. The molecule has 0 aliphatic carbocycles. The molecule has 0 bridgehead atoms. The Bertz CT molecular complexity index is 585. The highest BCUT2D eigenvalue weighted by atomic mass is 79.9. The van der Waals surface area contributed by atoms with Gasteiger partial charge in [-0.15, -0.1) is 5.10 Å². The number of aromatic nitrogens is 3. The maximum absolute atomic E-state index is 11.5. The van der Waals surface area contributed by atoms with Gasteiger partial charge in [0.15, 0.2) is 0 Å². The van der Waals surface area contributed by atoms with Crippen LogP contribution in [0.4, 0.5) is 0 Å². The Balaban J connectivity index is 2.38. The molecule has 1 aromatic carbocycles. The summed E-state index contributed by atoms with van der Waals surface area (Å²) in [5.74, 6) is -0.553. The molecule has 0 saturated heterocycles. The summed E-state index contributed by atoms with van der Waals surface area (Å²) in [6.45, 7) is 2.00. The highest BCUT2D eigenvalue weighted by molar-refractivity contribution is 9.10. The van der Waals surface area contributed by atoms with Gasteiger partial charge in [0.2, 0.25) is 4.73 Å². The highest BCUT2D eigenvalue weighted by Gasteiger charge is 2.16. The molecule has 0 fully saturated rings. The van der Waals surface area contributed by atoms with Crippen molar-refractivity contribution in [1.29, 1.82) is 0 Å². The Kier molecular flexibility index (Phi) is 3.98. The zero-order valence-electron chi connectivity index (χ0n) is 9.43. The first-order valence-corrected chi connectivity index (χ1v) is 6.34. The van der Waals surface area contributed by atoms with Crippen molar-refractivity contribution in [3.63, 3.8) is 0 Å². The predicted molar refractivity (Wildman–Crippen MR) is 70.0 cm³/mol. The first-order valence-electron chi connectivity index (χ1n) is 5.17. The van der Waals surface area contributed by atoms with E-state index in [1.54, 1.807) is 31.2 Å². The van der Waals surface area contributed by atoms with Crippen LogP contribution in [0.3, 0.4) is 0 Å². The lowest BCUT2D eigenvalue weighted by Crippen LogP contribution is -2.07. The van der Waals surface area contributed by atoms with Gasteiger partial charge in [0.1, 0.15) is 0 Å². The Morgan fingerprint density at radius 3 is 3.00 bits per heavy atom. The van der Waals surface area contributed by atoms with Crippen molar-refractivity contribution in [1.82, 2.24) is 14.8 Å². The number of carbonyl (C=O) groups excluding carboxylic acids is 1. The van der Waals surface area contributed by atoms with Crippen molar-refractivity contribution in [2.24, 2.45) is 0 Å². The van der Waals surface area contributed by atoms with Crippen LogP contribution >= 0.6 is 27.5 Å². The zero-order chi connectivity index (χ0) is 13.1. The third-order valence-electron chi connectivity index (χ3n) is 2.08. The van der Waals surface area contributed by atoms with Crippen LogP contribution in [0, 0.1) is 0 Å². The second kappa shape index (κ2) is 5.49. The number of halogens is 2. The van der Waals surface area contributed by atoms with E-state index in [1.165, 1.54) is 4.68 Å². The Morgan fingerprint density at radius 2 is 2.33 bits per heavy atom. The number of benzene rings is 1. The van der Waals surface area contributed by atoms with Crippen LogP contribution in [-0.4, -0.2) is 27.3 Å². The van der Waals surface area contributed by atoms with Crippen LogP contribution in [0.1, 0.15) is 17.5 Å². The predicted octanol–water partition coefficient (Wildman–Crippen LogP) is 2.86. The van der Waals surface area contributed by atoms with E-state index in [2.05, 4.69) is 26.0 Å². The number of nitrogens with zero attached hydrogens (tertiary/aromatic N) is 3. The highest BCUT2D eigenvalue weighted by Crippen LogP contribution is 2.18. The minimum absolute atomic E-state index is 0.00343. The van der Waals surface area contributed by atoms with Crippen molar-refractivity contribution >= 4 is 33.5 Å². The standard InChI is InChI=1S/C11H9BrClN3O2/c1-2-18-10(17)9-14-11(12)16(15-9)8-5-3-4-7(13)6-8/h3-6H,2H2,1H3. The average molecular weight is 331 g/mol. The second-order valence-electron chi connectivity index (χ2n) is 3.32. The molecule has 94 valence electrons. The molecule has 5 nitrogen and oxygen atoms in total. The molecular weight excluding hydrogens is 321 g/mol. The van der Waals surface area contributed by atoms with Gasteiger partial charge < -0.3 is 4.74 Å². The number of hydrogen-bond donors (Lipinski definition) is 0. The monoisotopic (exact) mass is 329 g/mol. The summed E-state index contributed by atoms with van der Waals surface area (Å²) >= 11 is 9.13. The summed E-state index contributed by atoms with van der Waals surface area (Å²) in [5, 5.41) is 4.64. The number of esters is 1. The summed E-state index contributed by atoms with van der Waals surface area (Å²) in [7, 11) is 0. The number of hydrogen-bond acceptors (Lipinski definition) is 4.